The van der Waals surface area contributed by atoms with E-state index >= 15 is 0 Å². The SMILES string of the molecule is Cc1cc(C)cc(C)c1.O=C1CCCc2ccccc21. The van der Waals surface area contributed by atoms with E-state index in [1.54, 1.807) is 0 Å². The van der Waals surface area contributed by atoms with Crippen molar-refractivity contribution in [3.63, 3.8) is 0 Å². The highest BCUT2D eigenvalue weighted by atomic mass is 16.1. The van der Waals surface area contributed by atoms with Gasteiger partial charge in [0.1, 0.15) is 0 Å². The third-order valence-corrected chi connectivity index (χ3v) is 3.53. The average Bonchev–Trinajstić information content (AvgIpc) is 2.38. The fraction of sp³-hybridized carbons (Fsp3) is 0.316. The number of fused-ring (bicyclic) bond motifs is 1. The summed E-state index contributed by atoms with van der Waals surface area (Å²) >= 11 is 0. The first-order valence-electron chi connectivity index (χ1n) is 7.22. The Balaban J connectivity index is 0.000000151. The van der Waals surface area contributed by atoms with Gasteiger partial charge in [-0.1, -0.05) is 59.2 Å². The molecular weight excluding hydrogens is 244 g/mol. The van der Waals surface area contributed by atoms with Crippen molar-refractivity contribution in [3.05, 3.63) is 70.3 Å². The van der Waals surface area contributed by atoms with Crippen LogP contribution in [0.3, 0.4) is 0 Å². The number of rotatable bonds is 0. The van der Waals surface area contributed by atoms with Crippen molar-refractivity contribution in [2.24, 2.45) is 0 Å². The van der Waals surface area contributed by atoms with Gasteiger partial charge in [-0.15, -0.1) is 0 Å². The van der Waals surface area contributed by atoms with Crippen molar-refractivity contribution in [2.75, 3.05) is 0 Å². The van der Waals surface area contributed by atoms with E-state index in [9.17, 15) is 4.79 Å². The molecule has 0 saturated carbocycles. The summed E-state index contributed by atoms with van der Waals surface area (Å²) < 4.78 is 0. The van der Waals surface area contributed by atoms with Crippen LogP contribution in [0.5, 0.6) is 0 Å². The largest absolute Gasteiger partial charge is 0.294 e. The van der Waals surface area contributed by atoms with Crippen LogP contribution in [0.15, 0.2) is 42.5 Å². The van der Waals surface area contributed by atoms with Gasteiger partial charge in [0.15, 0.2) is 5.78 Å². The molecule has 104 valence electrons. The van der Waals surface area contributed by atoms with Gasteiger partial charge in [0.05, 0.1) is 0 Å². The van der Waals surface area contributed by atoms with Crippen LogP contribution >= 0.6 is 0 Å². The van der Waals surface area contributed by atoms with Gasteiger partial charge in [0.25, 0.3) is 0 Å². The number of aryl methyl sites for hydroxylation is 4. The van der Waals surface area contributed by atoms with Crippen molar-refractivity contribution in [1.82, 2.24) is 0 Å². The third kappa shape index (κ3) is 3.80. The zero-order valence-electron chi connectivity index (χ0n) is 12.6. The molecule has 1 heteroatoms. The maximum Gasteiger partial charge on any atom is 0.163 e. The molecule has 0 spiro atoms. The fourth-order valence-corrected chi connectivity index (χ4v) is 2.79. The molecular formula is C19H22O. The third-order valence-electron chi connectivity index (χ3n) is 3.53. The quantitative estimate of drug-likeness (QED) is 0.668. The highest BCUT2D eigenvalue weighted by molar-refractivity contribution is 5.98. The van der Waals surface area contributed by atoms with E-state index in [1.807, 2.05) is 24.3 Å². The van der Waals surface area contributed by atoms with Gasteiger partial charge >= 0.3 is 0 Å². The van der Waals surface area contributed by atoms with Crippen LogP contribution in [0.1, 0.15) is 45.5 Å². The lowest BCUT2D eigenvalue weighted by Gasteiger charge is -2.12. The van der Waals surface area contributed by atoms with E-state index < -0.39 is 0 Å². The zero-order chi connectivity index (χ0) is 14.5. The second-order valence-corrected chi connectivity index (χ2v) is 5.60. The molecule has 1 aliphatic rings. The van der Waals surface area contributed by atoms with Crippen LogP contribution < -0.4 is 0 Å². The second kappa shape index (κ2) is 6.51. The molecule has 20 heavy (non-hydrogen) atoms. The Morgan fingerprint density at radius 3 is 1.90 bits per heavy atom. The lowest BCUT2D eigenvalue weighted by atomic mass is 9.91. The van der Waals surface area contributed by atoms with E-state index in [2.05, 4.69) is 39.0 Å². The molecule has 0 bridgehead atoms. The average molecular weight is 266 g/mol. The van der Waals surface area contributed by atoms with Crippen LogP contribution in [0, 0.1) is 20.8 Å². The molecule has 3 rings (SSSR count). The molecule has 1 aliphatic carbocycles. The number of carbonyl (C=O) groups excluding carboxylic acids is 1. The number of ketones is 1. The number of hydrogen-bond acceptors (Lipinski definition) is 1. The highest BCUT2D eigenvalue weighted by Crippen LogP contribution is 2.19. The minimum Gasteiger partial charge on any atom is -0.294 e. The molecule has 0 aliphatic heterocycles. The summed E-state index contributed by atoms with van der Waals surface area (Å²) in [7, 11) is 0. The van der Waals surface area contributed by atoms with Crippen LogP contribution in [0.4, 0.5) is 0 Å². The first-order chi connectivity index (χ1) is 9.56. The minimum atomic E-state index is 0.312. The lowest BCUT2D eigenvalue weighted by Crippen LogP contribution is -2.09. The smallest absolute Gasteiger partial charge is 0.163 e. The van der Waals surface area contributed by atoms with Crippen LogP contribution in [-0.4, -0.2) is 5.78 Å². The Hall–Kier alpha value is -1.89. The maximum absolute atomic E-state index is 11.3. The molecule has 0 saturated heterocycles. The molecule has 0 amide bonds. The van der Waals surface area contributed by atoms with Gasteiger partial charge in [-0.25, -0.2) is 0 Å². The lowest BCUT2D eigenvalue weighted by molar-refractivity contribution is 0.0972. The summed E-state index contributed by atoms with van der Waals surface area (Å²) in [5.41, 5.74) is 6.23. The normalized spacial score (nSPS) is 13.2. The Kier molecular flexibility index (Phi) is 4.73. The van der Waals surface area contributed by atoms with Crippen LogP contribution in [0.2, 0.25) is 0 Å². The Morgan fingerprint density at radius 2 is 1.35 bits per heavy atom. The first kappa shape index (κ1) is 14.5. The minimum absolute atomic E-state index is 0.312. The first-order valence-corrected chi connectivity index (χ1v) is 7.22. The Bertz CT molecular complexity index is 560. The number of hydrogen-bond donors (Lipinski definition) is 0. The summed E-state index contributed by atoms with van der Waals surface area (Å²) in [4.78, 5) is 11.3. The molecule has 0 N–H and O–H groups in total. The summed E-state index contributed by atoms with van der Waals surface area (Å²) in [6.07, 6.45) is 2.83. The molecule has 0 atom stereocenters. The molecule has 0 aromatic heterocycles. The standard InChI is InChI=1S/C10H10O.C9H12/c11-10-7-3-5-8-4-1-2-6-9(8)10;1-7-4-8(2)6-9(3)5-7/h1-2,4,6H,3,5,7H2;4-6H,1-3H3. The van der Waals surface area contributed by atoms with Crippen molar-refractivity contribution in [1.29, 1.82) is 0 Å². The van der Waals surface area contributed by atoms with E-state index in [4.69, 9.17) is 0 Å². The zero-order valence-corrected chi connectivity index (χ0v) is 12.6. The summed E-state index contributed by atoms with van der Waals surface area (Å²) in [6.45, 7) is 6.38. The maximum atomic E-state index is 11.3. The predicted octanol–water partition coefficient (Wildman–Crippen LogP) is 4.82. The highest BCUT2D eigenvalue weighted by Gasteiger charge is 2.14. The number of carbonyl (C=O) groups is 1. The topological polar surface area (TPSA) is 17.1 Å². The van der Waals surface area contributed by atoms with E-state index in [0.717, 1.165) is 24.8 Å². The van der Waals surface area contributed by atoms with Crippen LogP contribution in [0.25, 0.3) is 0 Å². The molecule has 0 unspecified atom stereocenters. The second-order valence-electron chi connectivity index (χ2n) is 5.60. The van der Waals surface area contributed by atoms with Gasteiger partial charge in [-0.3, -0.25) is 4.79 Å². The molecule has 0 fully saturated rings. The van der Waals surface area contributed by atoms with Gasteiger partial charge in [0, 0.05) is 12.0 Å². The van der Waals surface area contributed by atoms with Crippen molar-refractivity contribution >= 4 is 5.78 Å². The van der Waals surface area contributed by atoms with Gasteiger partial charge in [-0.2, -0.15) is 0 Å². The van der Waals surface area contributed by atoms with E-state index in [0.29, 0.717) is 5.78 Å². The molecule has 0 heterocycles. The number of Topliss-reactive ketones (excluding diaryl/α,β-unsaturated/α-hetero) is 1. The Labute approximate surface area is 121 Å². The molecule has 2 aromatic rings. The predicted molar refractivity (Wildman–Crippen MR) is 84.4 cm³/mol. The van der Waals surface area contributed by atoms with Gasteiger partial charge < -0.3 is 0 Å². The van der Waals surface area contributed by atoms with E-state index in [1.165, 1.54) is 22.3 Å². The fourth-order valence-electron chi connectivity index (χ4n) is 2.79. The van der Waals surface area contributed by atoms with Crippen molar-refractivity contribution < 1.29 is 4.79 Å². The van der Waals surface area contributed by atoms with E-state index in [-0.39, 0.29) is 0 Å². The van der Waals surface area contributed by atoms with Gasteiger partial charge in [0.2, 0.25) is 0 Å². The summed E-state index contributed by atoms with van der Waals surface area (Å²) in [5.74, 6) is 0.312. The number of benzene rings is 2. The molecule has 0 radical (unpaired) electrons. The van der Waals surface area contributed by atoms with Crippen LogP contribution in [-0.2, 0) is 6.42 Å². The monoisotopic (exact) mass is 266 g/mol. The Morgan fingerprint density at radius 1 is 0.800 bits per heavy atom. The molecule has 2 aromatic carbocycles. The van der Waals surface area contributed by atoms with Gasteiger partial charge in [-0.05, 0) is 39.2 Å². The summed E-state index contributed by atoms with van der Waals surface area (Å²) in [6, 6.07) is 14.5. The summed E-state index contributed by atoms with van der Waals surface area (Å²) in [5, 5.41) is 0. The van der Waals surface area contributed by atoms with Crippen molar-refractivity contribution in [3.8, 4) is 0 Å². The van der Waals surface area contributed by atoms with Crippen molar-refractivity contribution in [2.45, 2.75) is 40.0 Å². The molecule has 1 nitrogen and oxygen atoms in total.